The molecule has 0 saturated heterocycles. The second-order valence-electron chi connectivity index (χ2n) is 5.70. The molecular weight excluding hydrogens is 192 g/mol. The lowest BCUT2D eigenvalue weighted by molar-refractivity contribution is 0.584. The van der Waals surface area contributed by atoms with Crippen molar-refractivity contribution in [1.82, 2.24) is 0 Å². The third kappa shape index (κ3) is 2.99. The summed E-state index contributed by atoms with van der Waals surface area (Å²) in [5.41, 5.74) is 5.26. The fourth-order valence-corrected chi connectivity index (χ4v) is 2.55. The van der Waals surface area contributed by atoms with Gasteiger partial charge >= 0.3 is 0 Å². The second-order valence-corrected chi connectivity index (χ2v) is 5.70. The lowest BCUT2D eigenvalue weighted by atomic mass is 9.87. The monoisotopic (exact) mass is 220 g/mol. The van der Waals surface area contributed by atoms with Gasteiger partial charge < -0.3 is 0 Å². The van der Waals surface area contributed by atoms with Crippen molar-refractivity contribution in [2.45, 2.75) is 73.1 Å². The van der Waals surface area contributed by atoms with Crippen molar-refractivity contribution in [2.75, 3.05) is 0 Å². The Morgan fingerprint density at radius 1 is 1.00 bits per heavy atom. The summed E-state index contributed by atoms with van der Waals surface area (Å²) in [5.74, 6) is 0. The Morgan fingerprint density at radius 3 is 2.12 bits per heavy atom. The summed E-state index contributed by atoms with van der Waals surface area (Å²) in [4.78, 5) is 0. The minimum Gasteiger partial charge on any atom is -0.0713 e. The summed E-state index contributed by atoms with van der Waals surface area (Å²) < 4.78 is 0. The molecule has 0 spiro atoms. The van der Waals surface area contributed by atoms with Crippen molar-refractivity contribution in [1.29, 1.82) is 0 Å². The lowest BCUT2D eigenvalue weighted by Crippen LogP contribution is -2.05. The summed E-state index contributed by atoms with van der Waals surface area (Å²) in [5, 5.41) is 0. The van der Waals surface area contributed by atoms with Crippen LogP contribution in [0.25, 0.3) is 0 Å². The standard InChI is InChI=1S/C16H28/c1-6-8-10-14-12-16(4,5)13(3)15(14)11-9-7-2/h12H,6-11H2,1-5H3. The minimum atomic E-state index is 0.312. The molecule has 16 heavy (non-hydrogen) atoms. The zero-order valence-electron chi connectivity index (χ0n) is 11.8. The van der Waals surface area contributed by atoms with Gasteiger partial charge in [-0.2, -0.15) is 0 Å². The van der Waals surface area contributed by atoms with Gasteiger partial charge in [-0.15, -0.1) is 0 Å². The highest BCUT2D eigenvalue weighted by Gasteiger charge is 2.28. The van der Waals surface area contributed by atoms with Gasteiger partial charge in [-0.1, -0.05) is 52.2 Å². The highest BCUT2D eigenvalue weighted by atomic mass is 14.3. The Labute approximate surface area is 102 Å². The van der Waals surface area contributed by atoms with Crippen LogP contribution >= 0.6 is 0 Å². The van der Waals surface area contributed by atoms with E-state index in [2.05, 4.69) is 40.7 Å². The molecule has 0 amide bonds. The van der Waals surface area contributed by atoms with Crippen LogP contribution in [0, 0.1) is 5.41 Å². The lowest BCUT2D eigenvalue weighted by Gasteiger charge is -2.18. The van der Waals surface area contributed by atoms with Crippen LogP contribution in [0.4, 0.5) is 0 Å². The molecule has 0 atom stereocenters. The predicted octanol–water partition coefficient (Wildman–Crippen LogP) is 5.65. The van der Waals surface area contributed by atoms with Crippen LogP contribution in [0.15, 0.2) is 22.8 Å². The highest BCUT2D eigenvalue weighted by Crippen LogP contribution is 2.43. The molecule has 0 fully saturated rings. The van der Waals surface area contributed by atoms with E-state index in [4.69, 9.17) is 0 Å². The zero-order valence-corrected chi connectivity index (χ0v) is 11.8. The second kappa shape index (κ2) is 5.70. The number of hydrogen-bond acceptors (Lipinski definition) is 0. The maximum Gasteiger partial charge on any atom is 0.00433 e. The molecule has 0 unspecified atom stereocenters. The SMILES string of the molecule is CCCCC1=CC(C)(C)C(C)=C1CCCC. The molecule has 0 aliphatic heterocycles. The molecule has 0 aromatic heterocycles. The number of hydrogen-bond donors (Lipinski definition) is 0. The quantitative estimate of drug-likeness (QED) is 0.542. The van der Waals surface area contributed by atoms with Crippen LogP contribution in [0.5, 0.6) is 0 Å². The van der Waals surface area contributed by atoms with Crippen LogP contribution < -0.4 is 0 Å². The highest BCUT2D eigenvalue weighted by molar-refractivity contribution is 5.46. The van der Waals surface area contributed by atoms with Crippen LogP contribution in [-0.4, -0.2) is 0 Å². The van der Waals surface area contributed by atoms with Gasteiger partial charge in [-0.05, 0) is 43.8 Å². The fourth-order valence-electron chi connectivity index (χ4n) is 2.55. The van der Waals surface area contributed by atoms with Gasteiger partial charge in [0.25, 0.3) is 0 Å². The van der Waals surface area contributed by atoms with Gasteiger partial charge in [0, 0.05) is 5.41 Å². The Kier molecular flexibility index (Phi) is 4.83. The maximum atomic E-state index is 2.52. The average molecular weight is 220 g/mol. The van der Waals surface area contributed by atoms with Crippen molar-refractivity contribution in [2.24, 2.45) is 5.41 Å². The first kappa shape index (κ1) is 13.5. The van der Waals surface area contributed by atoms with Gasteiger partial charge in [-0.25, -0.2) is 0 Å². The van der Waals surface area contributed by atoms with Crippen molar-refractivity contribution < 1.29 is 0 Å². The normalized spacial score (nSPS) is 19.2. The molecule has 0 nitrogen and oxygen atoms in total. The topological polar surface area (TPSA) is 0 Å². The van der Waals surface area contributed by atoms with Crippen LogP contribution in [0.1, 0.15) is 73.1 Å². The molecule has 1 rings (SSSR count). The molecule has 1 aliphatic rings. The zero-order chi connectivity index (χ0) is 12.2. The largest absolute Gasteiger partial charge is 0.0713 e. The summed E-state index contributed by atoms with van der Waals surface area (Å²) in [6.45, 7) is 11.6. The molecule has 0 heterocycles. The first-order chi connectivity index (χ1) is 7.53. The van der Waals surface area contributed by atoms with E-state index >= 15 is 0 Å². The third-order valence-corrected chi connectivity index (χ3v) is 3.92. The van der Waals surface area contributed by atoms with E-state index in [1.807, 2.05) is 0 Å². The van der Waals surface area contributed by atoms with Crippen molar-refractivity contribution in [3.05, 3.63) is 22.8 Å². The van der Waals surface area contributed by atoms with E-state index in [9.17, 15) is 0 Å². The van der Waals surface area contributed by atoms with Crippen LogP contribution in [0.2, 0.25) is 0 Å². The molecule has 0 saturated carbocycles. The Morgan fingerprint density at radius 2 is 1.56 bits per heavy atom. The van der Waals surface area contributed by atoms with E-state index < -0.39 is 0 Å². The Hall–Kier alpha value is -0.520. The van der Waals surface area contributed by atoms with E-state index in [0.717, 1.165) is 0 Å². The van der Waals surface area contributed by atoms with E-state index in [0.29, 0.717) is 5.41 Å². The molecule has 0 N–H and O–H groups in total. The van der Waals surface area contributed by atoms with Crippen LogP contribution in [0.3, 0.4) is 0 Å². The summed E-state index contributed by atoms with van der Waals surface area (Å²) >= 11 is 0. The smallest absolute Gasteiger partial charge is 0.00433 e. The van der Waals surface area contributed by atoms with Crippen LogP contribution in [-0.2, 0) is 0 Å². The molecule has 0 radical (unpaired) electrons. The number of rotatable bonds is 6. The first-order valence-electron chi connectivity index (χ1n) is 6.95. The Bertz CT molecular complexity index is 289. The molecule has 0 aromatic rings. The number of unbranched alkanes of at least 4 members (excludes halogenated alkanes) is 2. The summed E-state index contributed by atoms with van der Waals surface area (Å²) in [7, 11) is 0. The fraction of sp³-hybridized carbons (Fsp3) is 0.750. The van der Waals surface area contributed by atoms with Gasteiger partial charge in [0.05, 0.1) is 0 Å². The third-order valence-electron chi connectivity index (χ3n) is 3.92. The van der Waals surface area contributed by atoms with Crippen molar-refractivity contribution in [3.8, 4) is 0 Å². The summed E-state index contributed by atoms with van der Waals surface area (Å²) in [6, 6.07) is 0. The van der Waals surface area contributed by atoms with E-state index in [1.165, 1.54) is 38.5 Å². The van der Waals surface area contributed by atoms with Crippen molar-refractivity contribution >= 4 is 0 Å². The minimum absolute atomic E-state index is 0.312. The maximum absolute atomic E-state index is 2.52. The molecule has 92 valence electrons. The van der Waals surface area contributed by atoms with E-state index in [1.54, 1.807) is 16.7 Å². The van der Waals surface area contributed by atoms with Crippen molar-refractivity contribution in [3.63, 3.8) is 0 Å². The Balaban J connectivity index is 2.80. The first-order valence-corrected chi connectivity index (χ1v) is 6.95. The van der Waals surface area contributed by atoms with Gasteiger partial charge in [0.15, 0.2) is 0 Å². The molecular formula is C16H28. The van der Waals surface area contributed by atoms with E-state index in [-0.39, 0.29) is 0 Å². The van der Waals surface area contributed by atoms with Gasteiger partial charge in [0.2, 0.25) is 0 Å². The van der Waals surface area contributed by atoms with Gasteiger partial charge in [-0.3, -0.25) is 0 Å². The number of allylic oxidation sites excluding steroid dienone is 4. The molecule has 0 bridgehead atoms. The average Bonchev–Trinajstić information content (AvgIpc) is 2.45. The molecule has 1 aliphatic carbocycles. The molecule has 0 aromatic carbocycles. The predicted molar refractivity (Wildman–Crippen MR) is 73.6 cm³/mol. The van der Waals surface area contributed by atoms with Gasteiger partial charge in [0.1, 0.15) is 0 Å². The molecule has 0 heteroatoms. The summed E-state index contributed by atoms with van der Waals surface area (Å²) in [6.07, 6.45) is 10.4.